The van der Waals surface area contributed by atoms with Gasteiger partial charge in [0, 0.05) is 23.2 Å². The lowest BCUT2D eigenvalue weighted by atomic mass is 10.2. The molecule has 18 heavy (non-hydrogen) atoms. The SMILES string of the molecule is COc1ccccc1/C=C/C(=O)Nc1nccs1. The zero-order valence-electron chi connectivity index (χ0n) is 9.79. The normalized spacial score (nSPS) is 10.5. The van der Waals surface area contributed by atoms with Crippen LogP contribution in [-0.2, 0) is 4.79 Å². The van der Waals surface area contributed by atoms with Gasteiger partial charge in [0.1, 0.15) is 5.75 Å². The molecule has 0 unspecified atom stereocenters. The first kappa shape index (κ1) is 12.3. The molecule has 0 aliphatic heterocycles. The lowest BCUT2D eigenvalue weighted by Gasteiger charge is -2.03. The summed E-state index contributed by atoms with van der Waals surface area (Å²) in [7, 11) is 1.60. The molecular formula is C13H12N2O2S. The van der Waals surface area contributed by atoms with E-state index in [9.17, 15) is 4.79 Å². The van der Waals surface area contributed by atoms with Crippen LogP contribution in [0.2, 0.25) is 0 Å². The Morgan fingerprint density at radius 2 is 2.28 bits per heavy atom. The van der Waals surface area contributed by atoms with Crippen LogP contribution in [0.4, 0.5) is 5.13 Å². The van der Waals surface area contributed by atoms with E-state index in [1.165, 1.54) is 17.4 Å². The molecular weight excluding hydrogens is 248 g/mol. The van der Waals surface area contributed by atoms with Gasteiger partial charge in [0.25, 0.3) is 0 Å². The van der Waals surface area contributed by atoms with Crippen molar-refractivity contribution in [2.45, 2.75) is 0 Å². The number of amides is 1. The second-order valence-corrected chi connectivity index (χ2v) is 4.30. The van der Waals surface area contributed by atoms with Gasteiger partial charge in [-0.25, -0.2) is 4.98 Å². The smallest absolute Gasteiger partial charge is 0.250 e. The second-order valence-electron chi connectivity index (χ2n) is 3.40. The molecule has 0 atom stereocenters. The van der Waals surface area contributed by atoms with Gasteiger partial charge >= 0.3 is 0 Å². The summed E-state index contributed by atoms with van der Waals surface area (Å²) in [5.74, 6) is 0.520. The molecule has 4 nitrogen and oxygen atoms in total. The average molecular weight is 260 g/mol. The number of para-hydroxylation sites is 1. The Labute approximate surface area is 109 Å². The van der Waals surface area contributed by atoms with Gasteiger partial charge in [-0.05, 0) is 12.1 Å². The molecule has 0 fully saturated rings. The fourth-order valence-electron chi connectivity index (χ4n) is 1.40. The van der Waals surface area contributed by atoms with Gasteiger partial charge in [-0.1, -0.05) is 18.2 Å². The molecule has 0 aliphatic carbocycles. The van der Waals surface area contributed by atoms with Gasteiger partial charge in [0.2, 0.25) is 5.91 Å². The Morgan fingerprint density at radius 3 is 3.00 bits per heavy atom. The number of hydrogen-bond acceptors (Lipinski definition) is 4. The van der Waals surface area contributed by atoms with Crippen molar-refractivity contribution >= 4 is 28.5 Å². The molecule has 92 valence electrons. The molecule has 1 heterocycles. The zero-order valence-corrected chi connectivity index (χ0v) is 10.6. The third kappa shape index (κ3) is 3.18. The van der Waals surface area contributed by atoms with Crippen molar-refractivity contribution < 1.29 is 9.53 Å². The number of thiazole rings is 1. The maximum atomic E-state index is 11.6. The van der Waals surface area contributed by atoms with Crippen molar-refractivity contribution in [1.82, 2.24) is 4.98 Å². The van der Waals surface area contributed by atoms with Gasteiger partial charge in [-0.3, -0.25) is 10.1 Å². The van der Waals surface area contributed by atoms with Crippen molar-refractivity contribution in [3.63, 3.8) is 0 Å². The van der Waals surface area contributed by atoms with Gasteiger partial charge in [0.15, 0.2) is 5.13 Å². The number of carbonyl (C=O) groups excluding carboxylic acids is 1. The maximum Gasteiger partial charge on any atom is 0.250 e. The van der Waals surface area contributed by atoms with Crippen LogP contribution in [0.15, 0.2) is 41.9 Å². The number of benzene rings is 1. The maximum absolute atomic E-state index is 11.6. The standard InChI is InChI=1S/C13H12N2O2S/c1-17-11-5-3-2-4-10(11)6-7-12(16)15-13-14-8-9-18-13/h2-9H,1H3,(H,14,15,16)/b7-6+. The largest absolute Gasteiger partial charge is 0.496 e. The first-order valence-corrected chi connectivity index (χ1v) is 6.19. The summed E-state index contributed by atoms with van der Waals surface area (Å²) in [5.41, 5.74) is 0.856. The fraction of sp³-hybridized carbons (Fsp3) is 0.0769. The molecule has 5 heteroatoms. The first-order chi connectivity index (χ1) is 8.79. The summed E-state index contributed by atoms with van der Waals surface area (Å²) in [5, 5.41) is 5.06. The van der Waals surface area contributed by atoms with Crippen molar-refractivity contribution in [3.8, 4) is 5.75 Å². The van der Waals surface area contributed by atoms with Crippen molar-refractivity contribution in [3.05, 3.63) is 47.5 Å². The van der Waals surface area contributed by atoms with E-state index in [0.29, 0.717) is 5.13 Å². The van der Waals surface area contributed by atoms with Crippen LogP contribution in [-0.4, -0.2) is 18.0 Å². The number of ether oxygens (including phenoxy) is 1. The highest BCUT2D eigenvalue weighted by Crippen LogP contribution is 2.18. The van der Waals surface area contributed by atoms with Crippen molar-refractivity contribution in [2.75, 3.05) is 12.4 Å². The first-order valence-electron chi connectivity index (χ1n) is 5.31. The molecule has 1 aromatic heterocycles. The molecule has 0 saturated heterocycles. The van der Waals surface area contributed by atoms with Crippen LogP contribution < -0.4 is 10.1 Å². The summed E-state index contributed by atoms with van der Waals surface area (Å²) >= 11 is 1.38. The number of carbonyl (C=O) groups is 1. The highest BCUT2D eigenvalue weighted by molar-refractivity contribution is 7.13. The minimum absolute atomic E-state index is 0.212. The Bertz CT molecular complexity index is 550. The van der Waals surface area contributed by atoms with E-state index in [1.54, 1.807) is 24.8 Å². The lowest BCUT2D eigenvalue weighted by molar-refractivity contribution is -0.111. The second kappa shape index (κ2) is 5.97. The van der Waals surface area contributed by atoms with E-state index in [0.717, 1.165) is 11.3 Å². The summed E-state index contributed by atoms with van der Waals surface area (Å²) in [6.45, 7) is 0. The Morgan fingerprint density at radius 1 is 1.44 bits per heavy atom. The number of anilines is 1. The van der Waals surface area contributed by atoms with E-state index in [-0.39, 0.29) is 5.91 Å². The number of methoxy groups -OCH3 is 1. The minimum Gasteiger partial charge on any atom is -0.496 e. The van der Waals surface area contributed by atoms with E-state index < -0.39 is 0 Å². The molecule has 0 aliphatic rings. The van der Waals surface area contributed by atoms with Crippen molar-refractivity contribution in [1.29, 1.82) is 0 Å². The Kier molecular flexibility index (Phi) is 4.09. The van der Waals surface area contributed by atoms with Crippen LogP contribution in [0.25, 0.3) is 6.08 Å². The summed E-state index contributed by atoms with van der Waals surface area (Å²) in [6, 6.07) is 7.50. The van der Waals surface area contributed by atoms with Gasteiger partial charge in [0.05, 0.1) is 7.11 Å². The molecule has 0 spiro atoms. The fourth-order valence-corrected chi connectivity index (χ4v) is 1.93. The summed E-state index contributed by atoms with van der Waals surface area (Å²) < 4.78 is 5.19. The number of aromatic nitrogens is 1. The van der Waals surface area contributed by atoms with Crippen LogP contribution in [0, 0.1) is 0 Å². The predicted octanol–water partition coefficient (Wildman–Crippen LogP) is 2.80. The predicted molar refractivity (Wildman–Crippen MR) is 72.8 cm³/mol. The van der Waals surface area contributed by atoms with E-state index in [4.69, 9.17) is 4.74 Å². The zero-order chi connectivity index (χ0) is 12.8. The molecule has 0 radical (unpaired) electrons. The summed E-state index contributed by atoms with van der Waals surface area (Å²) in [4.78, 5) is 15.6. The number of nitrogens with zero attached hydrogens (tertiary/aromatic N) is 1. The van der Waals surface area contributed by atoms with Crippen LogP contribution in [0.3, 0.4) is 0 Å². The highest BCUT2D eigenvalue weighted by Gasteiger charge is 2.01. The lowest BCUT2D eigenvalue weighted by Crippen LogP contribution is -2.07. The summed E-state index contributed by atoms with van der Waals surface area (Å²) in [6.07, 6.45) is 4.81. The molecule has 0 saturated carbocycles. The van der Waals surface area contributed by atoms with Crippen LogP contribution in [0.5, 0.6) is 5.75 Å². The monoisotopic (exact) mass is 260 g/mol. The Balaban J connectivity index is 2.04. The van der Waals surface area contributed by atoms with E-state index in [2.05, 4.69) is 10.3 Å². The highest BCUT2D eigenvalue weighted by atomic mass is 32.1. The topological polar surface area (TPSA) is 51.2 Å². The molecule has 2 rings (SSSR count). The van der Waals surface area contributed by atoms with E-state index in [1.807, 2.05) is 24.3 Å². The van der Waals surface area contributed by atoms with Crippen LogP contribution >= 0.6 is 11.3 Å². The van der Waals surface area contributed by atoms with Crippen LogP contribution in [0.1, 0.15) is 5.56 Å². The number of nitrogens with one attached hydrogen (secondary N) is 1. The molecule has 1 aromatic carbocycles. The minimum atomic E-state index is -0.212. The number of hydrogen-bond donors (Lipinski definition) is 1. The number of rotatable bonds is 4. The average Bonchev–Trinajstić information content (AvgIpc) is 2.89. The third-order valence-electron chi connectivity index (χ3n) is 2.22. The van der Waals surface area contributed by atoms with Crippen molar-refractivity contribution in [2.24, 2.45) is 0 Å². The third-order valence-corrected chi connectivity index (χ3v) is 2.90. The Hall–Kier alpha value is -2.14. The van der Waals surface area contributed by atoms with Gasteiger partial charge < -0.3 is 4.74 Å². The molecule has 2 aromatic rings. The quantitative estimate of drug-likeness (QED) is 0.860. The molecule has 0 bridgehead atoms. The van der Waals surface area contributed by atoms with Gasteiger partial charge in [-0.2, -0.15) is 0 Å². The molecule has 1 N–H and O–H groups in total. The van der Waals surface area contributed by atoms with Gasteiger partial charge in [-0.15, -0.1) is 11.3 Å². The van der Waals surface area contributed by atoms with E-state index >= 15 is 0 Å². The molecule has 1 amide bonds.